The normalized spacial score (nSPS) is 19.7. The van der Waals surface area contributed by atoms with E-state index in [1.807, 2.05) is 12.2 Å². The Morgan fingerprint density at radius 3 is 2.65 bits per heavy atom. The molecule has 92 valence electrons. The van der Waals surface area contributed by atoms with E-state index in [4.69, 9.17) is 14.6 Å². The van der Waals surface area contributed by atoms with Gasteiger partial charge < -0.3 is 9.47 Å². The van der Waals surface area contributed by atoms with E-state index in [1.165, 1.54) is 11.8 Å². The van der Waals surface area contributed by atoms with E-state index in [0.29, 0.717) is 12.2 Å². The van der Waals surface area contributed by atoms with Gasteiger partial charge in [0.1, 0.15) is 18.3 Å². The zero-order valence-corrected chi connectivity index (χ0v) is 9.94. The van der Waals surface area contributed by atoms with Gasteiger partial charge in [-0.15, -0.1) is 0 Å². The number of hydrogen-bond acceptors (Lipinski definition) is 4. The fraction of sp³-hybridized carbons (Fsp3) is 0.273. The average molecular weight is 255 g/mol. The first-order valence-corrected chi connectivity index (χ1v) is 6.70. The van der Waals surface area contributed by atoms with Crippen molar-refractivity contribution in [2.45, 2.75) is 19.3 Å². The van der Waals surface area contributed by atoms with Gasteiger partial charge in [0.05, 0.1) is 0 Å². The lowest BCUT2D eigenvalue weighted by Crippen LogP contribution is -2.17. The van der Waals surface area contributed by atoms with E-state index in [-0.39, 0.29) is 5.09 Å². The molecule has 5 nitrogen and oxygen atoms in total. The molecule has 6 heteroatoms. The van der Waals surface area contributed by atoms with Gasteiger partial charge in [-0.2, -0.15) is 0 Å². The molecule has 0 aromatic heterocycles. The summed E-state index contributed by atoms with van der Waals surface area (Å²) in [4.78, 5) is 0. The molecule has 1 aliphatic carbocycles. The summed E-state index contributed by atoms with van der Waals surface area (Å²) in [7, 11) is -3.84. The Morgan fingerprint density at radius 2 is 2.12 bits per heavy atom. The molecule has 2 rings (SSSR count). The lowest BCUT2D eigenvalue weighted by molar-refractivity contribution is 0.239. The molecule has 0 spiro atoms. The highest BCUT2D eigenvalue weighted by Gasteiger charge is 2.19. The molecule has 0 amide bonds. The van der Waals surface area contributed by atoms with E-state index in [9.17, 15) is 8.42 Å². The zero-order chi connectivity index (χ0) is 12.3. The van der Waals surface area contributed by atoms with Gasteiger partial charge in [0.2, 0.25) is 0 Å². The number of ether oxygens (including phenoxy) is 2. The van der Waals surface area contributed by atoms with E-state index in [0.717, 1.165) is 19.1 Å². The highest BCUT2D eigenvalue weighted by atomic mass is 32.2. The number of hydrogen-bond donors (Lipinski definition) is 1. The first-order chi connectivity index (χ1) is 8.05. The average Bonchev–Trinajstić information content (AvgIpc) is 2.30. The quantitative estimate of drug-likeness (QED) is 0.831. The van der Waals surface area contributed by atoms with Crippen molar-refractivity contribution < 1.29 is 17.9 Å². The van der Waals surface area contributed by atoms with Crippen molar-refractivity contribution in [1.82, 2.24) is 0 Å². The Balaban J connectivity index is 1.97. The van der Waals surface area contributed by atoms with Gasteiger partial charge in [-0.05, 0) is 12.8 Å². The van der Waals surface area contributed by atoms with Gasteiger partial charge in [-0.25, -0.2) is 13.6 Å². The van der Waals surface area contributed by atoms with Crippen LogP contribution in [-0.4, -0.2) is 8.42 Å². The predicted octanol–water partition coefficient (Wildman–Crippen LogP) is 1.63. The van der Waals surface area contributed by atoms with Crippen LogP contribution in [0.1, 0.15) is 19.3 Å². The smallest absolute Gasteiger partial charge is 0.274 e. The second-order valence-corrected chi connectivity index (χ2v) is 5.26. The van der Waals surface area contributed by atoms with Crippen LogP contribution in [0.15, 0.2) is 47.2 Å². The van der Waals surface area contributed by atoms with Crippen molar-refractivity contribution in [2.75, 3.05) is 0 Å². The highest BCUT2D eigenvalue weighted by Crippen LogP contribution is 2.24. The molecule has 2 aliphatic rings. The van der Waals surface area contributed by atoms with Gasteiger partial charge in [-0.1, -0.05) is 23.8 Å². The summed E-state index contributed by atoms with van der Waals surface area (Å²) in [6, 6.07) is 0. The third kappa shape index (κ3) is 3.21. The maximum atomic E-state index is 10.9. The summed E-state index contributed by atoms with van der Waals surface area (Å²) < 4.78 is 32.0. The lowest BCUT2D eigenvalue weighted by atomic mass is 10.0. The van der Waals surface area contributed by atoms with Gasteiger partial charge in [0, 0.05) is 6.42 Å². The fourth-order valence-corrected chi connectivity index (χ4v) is 1.91. The summed E-state index contributed by atoms with van der Waals surface area (Å²) in [5.41, 5.74) is 1.22. The monoisotopic (exact) mass is 255 g/mol. The van der Waals surface area contributed by atoms with Crippen molar-refractivity contribution in [3.8, 4) is 0 Å². The predicted molar refractivity (Wildman–Crippen MR) is 62.5 cm³/mol. The molecular weight excluding hydrogens is 242 g/mol. The van der Waals surface area contributed by atoms with E-state index < -0.39 is 10.0 Å². The third-order valence-electron chi connectivity index (χ3n) is 2.39. The summed E-state index contributed by atoms with van der Waals surface area (Å²) in [6.45, 7) is 0. The molecule has 0 aromatic carbocycles. The number of rotatable bonds is 3. The molecule has 0 fully saturated rings. The van der Waals surface area contributed by atoms with Crippen LogP contribution < -0.4 is 5.14 Å². The summed E-state index contributed by atoms with van der Waals surface area (Å²) in [6.07, 6.45) is 11.0. The maximum absolute atomic E-state index is 10.9. The number of nitrogens with two attached hydrogens (primary N) is 1. The van der Waals surface area contributed by atoms with Crippen molar-refractivity contribution in [3.05, 3.63) is 47.2 Å². The number of primary sulfonamides is 1. The molecule has 1 aliphatic heterocycles. The standard InChI is InChI=1S/C11H13NO4S/c12-17(13,14)11-8-15-10(7-16-11)6-9-4-2-1-3-5-9/h1-2,4,7-8H,3,5-6H2,(H2,12,13,14). The third-order valence-corrected chi connectivity index (χ3v) is 3.15. The maximum Gasteiger partial charge on any atom is 0.274 e. The Hall–Kier alpha value is -1.53. The Kier molecular flexibility index (Phi) is 3.35. The Labute approximate surface area is 99.9 Å². The molecule has 0 radical (unpaired) electrons. The minimum absolute atomic E-state index is 0.376. The molecular formula is C11H13NO4S. The van der Waals surface area contributed by atoms with Crippen molar-refractivity contribution in [2.24, 2.45) is 5.14 Å². The molecule has 0 aromatic rings. The lowest BCUT2D eigenvalue weighted by Gasteiger charge is -2.15. The molecule has 0 atom stereocenters. The zero-order valence-electron chi connectivity index (χ0n) is 9.13. The van der Waals surface area contributed by atoms with Gasteiger partial charge in [0.25, 0.3) is 15.1 Å². The number of allylic oxidation sites excluding steroid dienone is 4. The van der Waals surface area contributed by atoms with Crippen LogP contribution in [0.5, 0.6) is 0 Å². The molecule has 0 bridgehead atoms. The second kappa shape index (κ2) is 4.77. The summed E-state index contributed by atoms with van der Waals surface area (Å²) in [5, 5.41) is 4.51. The largest absolute Gasteiger partial charge is 0.461 e. The molecule has 0 saturated carbocycles. The molecule has 2 N–H and O–H groups in total. The van der Waals surface area contributed by atoms with Crippen LogP contribution in [0.3, 0.4) is 0 Å². The second-order valence-electron chi connectivity index (χ2n) is 3.77. The minimum atomic E-state index is -3.84. The van der Waals surface area contributed by atoms with Crippen LogP contribution in [0.4, 0.5) is 0 Å². The van der Waals surface area contributed by atoms with Crippen LogP contribution in [0.2, 0.25) is 0 Å². The van der Waals surface area contributed by atoms with Crippen LogP contribution in [0.25, 0.3) is 0 Å². The van der Waals surface area contributed by atoms with Gasteiger partial charge >= 0.3 is 0 Å². The van der Waals surface area contributed by atoms with Crippen LogP contribution >= 0.6 is 0 Å². The minimum Gasteiger partial charge on any atom is -0.461 e. The molecule has 1 heterocycles. The van der Waals surface area contributed by atoms with E-state index >= 15 is 0 Å². The van der Waals surface area contributed by atoms with E-state index in [2.05, 4.69) is 6.08 Å². The van der Waals surface area contributed by atoms with Gasteiger partial charge in [0.15, 0.2) is 0 Å². The first kappa shape index (κ1) is 11.9. The van der Waals surface area contributed by atoms with E-state index in [1.54, 1.807) is 0 Å². The number of sulfonamides is 1. The Morgan fingerprint density at radius 1 is 1.29 bits per heavy atom. The first-order valence-electron chi connectivity index (χ1n) is 5.15. The molecule has 0 unspecified atom stereocenters. The highest BCUT2D eigenvalue weighted by molar-refractivity contribution is 7.92. The van der Waals surface area contributed by atoms with Crippen molar-refractivity contribution in [1.29, 1.82) is 0 Å². The van der Waals surface area contributed by atoms with Crippen molar-refractivity contribution in [3.63, 3.8) is 0 Å². The van der Waals surface area contributed by atoms with Gasteiger partial charge in [-0.3, -0.25) is 0 Å². The fourth-order valence-electron chi connectivity index (χ4n) is 1.54. The van der Waals surface area contributed by atoms with Crippen molar-refractivity contribution >= 4 is 10.0 Å². The topological polar surface area (TPSA) is 78.6 Å². The molecule has 0 saturated heterocycles. The van der Waals surface area contributed by atoms with Crippen LogP contribution in [-0.2, 0) is 19.5 Å². The van der Waals surface area contributed by atoms with Crippen LogP contribution in [0, 0.1) is 0 Å². The summed E-state index contributed by atoms with van der Waals surface area (Å²) in [5.74, 6) is 0.568. The Bertz CT molecular complexity index is 526. The molecule has 17 heavy (non-hydrogen) atoms. The summed E-state index contributed by atoms with van der Waals surface area (Å²) >= 11 is 0. The SMILES string of the molecule is NS(=O)(=O)C1=COC(CC2=CC=CCC2)=CO1.